The normalized spacial score (nSPS) is 11.1. The summed E-state index contributed by atoms with van der Waals surface area (Å²) in [6.07, 6.45) is 0. The maximum atomic E-state index is 5.84. The van der Waals surface area contributed by atoms with Crippen LogP contribution in [-0.2, 0) is 11.3 Å². The minimum absolute atomic E-state index is 0.573. The summed E-state index contributed by atoms with van der Waals surface area (Å²) in [5, 5.41) is 3.17. The molecule has 0 saturated heterocycles. The van der Waals surface area contributed by atoms with E-state index >= 15 is 0 Å². The van der Waals surface area contributed by atoms with Gasteiger partial charge in [0.25, 0.3) is 0 Å². The van der Waals surface area contributed by atoms with Crippen LogP contribution in [0.4, 0.5) is 0 Å². The van der Waals surface area contributed by atoms with Gasteiger partial charge in [-0.15, -0.1) is 0 Å². The third kappa shape index (κ3) is 5.62. The van der Waals surface area contributed by atoms with Crippen LogP contribution in [-0.4, -0.2) is 26.9 Å². The molecule has 0 saturated carbocycles. The molecule has 0 heterocycles. The molecule has 0 spiro atoms. The first-order chi connectivity index (χ1) is 9.04. The first-order valence-electron chi connectivity index (χ1n) is 6.99. The fraction of sp³-hybridized carbons (Fsp3) is 0.625. The number of ether oxygens (including phenoxy) is 2. The molecule has 1 N–H and O–H groups in total. The molecule has 0 atom stereocenters. The highest BCUT2D eigenvalue weighted by molar-refractivity contribution is 5.43. The summed E-state index contributed by atoms with van der Waals surface area (Å²) in [4.78, 5) is 0. The van der Waals surface area contributed by atoms with E-state index in [2.05, 4.69) is 45.1 Å². The number of rotatable bonds is 8. The average molecular weight is 265 g/mol. The minimum atomic E-state index is 0.573. The largest absolute Gasteiger partial charge is 0.491 e. The zero-order valence-corrected chi connectivity index (χ0v) is 12.9. The first kappa shape index (κ1) is 16.0. The van der Waals surface area contributed by atoms with Crippen molar-refractivity contribution in [2.75, 3.05) is 26.9 Å². The number of nitrogens with one attached hydrogen (secondary N) is 1. The van der Waals surface area contributed by atoms with Crippen molar-refractivity contribution in [1.82, 2.24) is 5.32 Å². The lowest BCUT2D eigenvalue weighted by atomic mass is 10.1. The van der Waals surface area contributed by atoms with E-state index in [-0.39, 0.29) is 0 Å². The second kappa shape index (κ2) is 8.18. The number of benzene rings is 1. The molecule has 0 aromatic heterocycles. The number of aryl methyl sites for hydroxylation is 2. The lowest BCUT2D eigenvalue weighted by Crippen LogP contribution is -2.12. The van der Waals surface area contributed by atoms with Gasteiger partial charge >= 0.3 is 0 Å². The van der Waals surface area contributed by atoms with Crippen molar-refractivity contribution in [3.8, 4) is 5.75 Å². The molecule has 0 aliphatic carbocycles. The molecular weight excluding hydrogens is 238 g/mol. The van der Waals surface area contributed by atoms with Gasteiger partial charge in [0.05, 0.1) is 6.61 Å². The van der Waals surface area contributed by atoms with E-state index in [0.717, 1.165) is 18.9 Å². The molecule has 0 aliphatic heterocycles. The van der Waals surface area contributed by atoms with Crippen LogP contribution >= 0.6 is 0 Å². The van der Waals surface area contributed by atoms with Crippen LogP contribution < -0.4 is 10.1 Å². The summed E-state index contributed by atoms with van der Waals surface area (Å²) in [5.41, 5.74) is 3.67. The van der Waals surface area contributed by atoms with Gasteiger partial charge in [-0.1, -0.05) is 26.0 Å². The maximum Gasteiger partial charge on any atom is 0.125 e. The van der Waals surface area contributed by atoms with E-state index in [1.165, 1.54) is 16.7 Å². The van der Waals surface area contributed by atoms with Crippen molar-refractivity contribution in [3.05, 3.63) is 28.8 Å². The molecule has 0 radical (unpaired) electrons. The van der Waals surface area contributed by atoms with E-state index in [9.17, 15) is 0 Å². The van der Waals surface area contributed by atoms with Gasteiger partial charge in [0.15, 0.2) is 0 Å². The Kier molecular flexibility index (Phi) is 6.89. The van der Waals surface area contributed by atoms with Crippen molar-refractivity contribution in [2.24, 2.45) is 5.92 Å². The van der Waals surface area contributed by atoms with E-state index in [4.69, 9.17) is 9.47 Å². The predicted molar refractivity (Wildman–Crippen MR) is 79.8 cm³/mol. The zero-order valence-electron chi connectivity index (χ0n) is 12.9. The molecular formula is C16H27NO2. The summed E-state index contributed by atoms with van der Waals surface area (Å²) in [6, 6.07) is 4.35. The second-order valence-electron chi connectivity index (χ2n) is 5.41. The minimum Gasteiger partial charge on any atom is -0.491 e. The Morgan fingerprint density at radius 2 is 1.74 bits per heavy atom. The van der Waals surface area contributed by atoms with Crippen LogP contribution in [0.3, 0.4) is 0 Å². The van der Waals surface area contributed by atoms with Gasteiger partial charge in [-0.3, -0.25) is 0 Å². The highest BCUT2D eigenvalue weighted by Gasteiger charge is 2.06. The van der Waals surface area contributed by atoms with Gasteiger partial charge in [0.2, 0.25) is 0 Å². The van der Waals surface area contributed by atoms with E-state index < -0.39 is 0 Å². The smallest absolute Gasteiger partial charge is 0.125 e. The van der Waals surface area contributed by atoms with Crippen molar-refractivity contribution < 1.29 is 9.47 Å². The van der Waals surface area contributed by atoms with Crippen molar-refractivity contribution in [1.29, 1.82) is 0 Å². The molecule has 1 rings (SSSR count). The van der Waals surface area contributed by atoms with Gasteiger partial charge in [-0.25, -0.2) is 0 Å². The van der Waals surface area contributed by atoms with Gasteiger partial charge in [0.1, 0.15) is 12.4 Å². The Balaban J connectivity index is 2.49. The molecule has 0 bridgehead atoms. The lowest BCUT2D eigenvalue weighted by molar-refractivity contribution is 0.0815. The predicted octanol–water partition coefficient (Wildman–Crippen LogP) is 3.07. The second-order valence-corrected chi connectivity index (χ2v) is 5.41. The number of hydrogen-bond acceptors (Lipinski definition) is 3. The topological polar surface area (TPSA) is 30.5 Å². The molecule has 0 amide bonds. The summed E-state index contributed by atoms with van der Waals surface area (Å²) in [5.74, 6) is 1.57. The van der Waals surface area contributed by atoms with Gasteiger partial charge < -0.3 is 14.8 Å². The Hall–Kier alpha value is -1.06. The van der Waals surface area contributed by atoms with Crippen molar-refractivity contribution >= 4 is 0 Å². The van der Waals surface area contributed by atoms with Gasteiger partial charge in [-0.05, 0) is 43.5 Å². The van der Waals surface area contributed by atoms with Gasteiger partial charge in [-0.2, -0.15) is 0 Å². The van der Waals surface area contributed by atoms with Crippen LogP contribution in [0, 0.1) is 19.8 Å². The van der Waals surface area contributed by atoms with Crippen LogP contribution in [0.1, 0.15) is 30.5 Å². The third-order valence-electron chi connectivity index (χ3n) is 2.83. The van der Waals surface area contributed by atoms with E-state index in [1.807, 2.05) is 7.05 Å². The lowest BCUT2D eigenvalue weighted by Gasteiger charge is -2.14. The van der Waals surface area contributed by atoms with Crippen LogP contribution in [0.25, 0.3) is 0 Å². The van der Waals surface area contributed by atoms with Gasteiger partial charge in [0, 0.05) is 13.2 Å². The molecule has 19 heavy (non-hydrogen) atoms. The fourth-order valence-corrected chi connectivity index (χ4v) is 2.10. The zero-order chi connectivity index (χ0) is 14.3. The molecule has 0 fully saturated rings. The highest BCUT2D eigenvalue weighted by Crippen LogP contribution is 2.24. The monoisotopic (exact) mass is 265 g/mol. The summed E-state index contributed by atoms with van der Waals surface area (Å²) in [7, 11) is 1.96. The summed E-state index contributed by atoms with van der Waals surface area (Å²) < 4.78 is 11.4. The van der Waals surface area contributed by atoms with Crippen molar-refractivity contribution in [3.63, 3.8) is 0 Å². The molecule has 0 unspecified atom stereocenters. The van der Waals surface area contributed by atoms with E-state index in [1.54, 1.807) is 0 Å². The standard InChI is InChI=1S/C16H27NO2/c1-12(2)11-18-6-7-19-16-13(3)8-15(10-17-5)9-14(16)4/h8-9,12,17H,6-7,10-11H2,1-5H3. The Morgan fingerprint density at radius 3 is 2.26 bits per heavy atom. The number of hydrogen-bond donors (Lipinski definition) is 1. The average Bonchev–Trinajstić information content (AvgIpc) is 2.31. The first-order valence-corrected chi connectivity index (χ1v) is 6.99. The molecule has 3 heteroatoms. The summed E-state index contributed by atoms with van der Waals surface area (Å²) >= 11 is 0. The Labute approximate surface area is 117 Å². The Bertz CT molecular complexity index is 365. The van der Waals surface area contributed by atoms with E-state index in [0.29, 0.717) is 19.1 Å². The molecule has 3 nitrogen and oxygen atoms in total. The SMILES string of the molecule is CNCc1cc(C)c(OCCOCC(C)C)c(C)c1. The van der Waals surface area contributed by atoms with Crippen LogP contribution in [0.15, 0.2) is 12.1 Å². The quantitative estimate of drug-likeness (QED) is 0.733. The summed E-state index contributed by atoms with van der Waals surface area (Å²) in [6.45, 7) is 11.4. The van der Waals surface area contributed by atoms with Crippen LogP contribution in [0.5, 0.6) is 5.75 Å². The van der Waals surface area contributed by atoms with Crippen molar-refractivity contribution in [2.45, 2.75) is 34.2 Å². The molecule has 1 aromatic rings. The third-order valence-corrected chi connectivity index (χ3v) is 2.83. The van der Waals surface area contributed by atoms with Crippen LogP contribution in [0.2, 0.25) is 0 Å². The highest BCUT2D eigenvalue weighted by atomic mass is 16.5. The maximum absolute atomic E-state index is 5.84. The fourth-order valence-electron chi connectivity index (χ4n) is 2.10. The molecule has 108 valence electrons. The molecule has 1 aromatic carbocycles. The molecule has 0 aliphatic rings. The Morgan fingerprint density at radius 1 is 1.11 bits per heavy atom.